The lowest BCUT2D eigenvalue weighted by Crippen LogP contribution is -2.12. The Morgan fingerprint density at radius 2 is 1.89 bits per heavy atom. The SMILES string of the molecule is CCOP(=O)(OCC)C(C)Cc1cccc(O)c1. The van der Waals surface area contributed by atoms with Gasteiger partial charge in [-0.3, -0.25) is 4.57 Å². The van der Waals surface area contributed by atoms with E-state index in [2.05, 4.69) is 0 Å². The average Bonchev–Trinajstić information content (AvgIpc) is 2.29. The number of phenolic OH excluding ortho intramolecular Hbond substituents is 1. The largest absolute Gasteiger partial charge is 0.508 e. The van der Waals surface area contributed by atoms with Crippen molar-refractivity contribution in [3.05, 3.63) is 29.8 Å². The molecule has 0 spiro atoms. The molecule has 0 saturated heterocycles. The Morgan fingerprint density at radius 1 is 1.28 bits per heavy atom. The van der Waals surface area contributed by atoms with Gasteiger partial charge in [0.1, 0.15) is 5.75 Å². The lowest BCUT2D eigenvalue weighted by Gasteiger charge is -2.23. The average molecular weight is 272 g/mol. The summed E-state index contributed by atoms with van der Waals surface area (Å²) in [5, 5.41) is 9.40. The topological polar surface area (TPSA) is 55.8 Å². The van der Waals surface area contributed by atoms with Crippen molar-refractivity contribution in [2.75, 3.05) is 13.2 Å². The molecule has 18 heavy (non-hydrogen) atoms. The van der Waals surface area contributed by atoms with E-state index < -0.39 is 7.60 Å². The van der Waals surface area contributed by atoms with Crippen LogP contribution in [0.15, 0.2) is 24.3 Å². The third-order valence-electron chi connectivity index (χ3n) is 2.60. The predicted molar refractivity (Wildman–Crippen MR) is 72.1 cm³/mol. The van der Waals surface area contributed by atoms with Gasteiger partial charge in [0.25, 0.3) is 0 Å². The van der Waals surface area contributed by atoms with E-state index in [9.17, 15) is 9.67 Å². The highest BCUT2D eigenvalue weighted by molar-refractivity contribution is 7.54. The number of hydrogen-bond donors (Lipinski definition) is 1. The Balaban J connectivity index is 2.78. The van der Waals surface area contributed by atoms with Crippen molar-refractivity contribution in [1.82, 2.24) is 0 Å². The fourth-order valence-corrected chi connectivity index (χ4v) is 3.53. The van der Waals surface area contributed by atoms with Gasteiger partial charge < -0.3 is 14.2 Å². The predicted octanol–water partition coefficient (Wildman–Crippen LogP) is 3.59. The zero-order valence-corrected chi connectivity index (χ0v) is 12.0. The molecule has 0 aliphatic heterocycles. The highest BCUT2D eigenvalue weighted by Gasteiger charge is 2.31. The van der Waals surface area contributed by atoms with E-state index in [0.29, 0.717) is 19.6 Å². The molecule has 0 aliphatic rings. The van der Waals surface area contributed by atoms with Gasteiger partial charge >= 0.3 is 7.60 Å². The Kier molecular flexibility index (Phi) is 5.86. The molecule has 0 aliphatic carbocycles. The van der Waals surface area contributed by atoms with Crippen LogP contribution < -0.4 is 0 Å². The monoisotopic (exact) mass is 272 g/mol. The Bertz CT molecular complexity index is 409. The molecule has 0 amide bonds. The Hall–Kier alpha value is -0.830. The molecule has 1 unspecified atom stereocenters. The first kappa shape index (κ1) is 15.2. The molecule has 1 aromatic carbocycles. The van der Waals surface area contributed by atoms with Gasteiger partial charge in [0.15, 0.2) is 0 Å². The van der Waals surface area contributed by atoms with Gasteiger partial charge in [-0.05, 0) is 38.0 Å². The first-order valence-corrected chi connectivity index (χ1v) is 7.79. The van der Waals surface area contributed by atoms with Crippen LogP contribution in [-0.2, 0) is 20.0 Å². The minimum Gasteiger partial charge on any atom is -0.508 e. The van der Waals surface area contributed by atoms with Crippen molar-refractivity contribution in [3.63, 3.8) is 0 Å². The van der Waals surface area contributed by atoms with E-state index in [1.165, 1.54) is 0 Å². The molecule has 0 radical (unpaired) electrons. The van der Waals surface area contributed by atoms with Crippen LogP contribution in [0, 0.1) is 0 Å². The second kappa shape index (κ2) is 6.93. The molecule has 1 aromatic rings. The fraction of sp³-hybridized carbons (Fsp3) is 0.538. The smallest absolute Gasteiger partial charge is 0.333 e. The summed E-state index contributed by atoms with van der Waals surface area (Å²) in [7, 11) is -3.07. The van der Waals surface area contributed by atoms with Gasteiger partial charge in [-0.15, -0.1) is 0 Å². The van der Waals surface area contributed by atoms with Crippen molar-refractivity contribution in [3.8, 4) is 5.75 Å². The third-order valence-corrected chi connectivity index (χ3v) is 5.10. The number of phenols is 1. The Morgan fingerprint density at radius 3 is 2.39 bits per heavy atom. The molecule has 1 N–H and O–H groups in total. The summed E-state index contributed by atoms with van der Waals surface area (Å²) in [5.41, 5.74) is 0.682. The third kappa shape index (κ3) is 4.13. The fourth-order valence-electron chi connectivity index (χ4n) is 1.79. The molecule has 4 nitrogen and oxygen atoms in total. The van der Waals surface area contributed by atoms with E-state index >= 15 is 0 Å². The molecule has 1 rings (SSSR count). The second-order valence-corrected chi connectivity index (χ2v) is 6.58. The number of rotatable bonds is 7. The summed E-state index contributed by atoms with van der Waals surface area (Å²) < 4.78 is 23.1. The van der Waals surface area contributed by atoms with E-state index in [-0.39, 0.29) is 11.4 Å². The number of hydrogen-bond acceptors (Lipinski definition) is 4. The first-order valence-electron chi connectivity index (χ1n) is 6.18. The maximum absolute atomic E-state index is 12.5. The van der Waals surface area contributed by atoms with Crippen LogP contribution in [0.1, 0.15) is 26.3 Å². The minimum atomic E-state index is -3.07. The van der Waals surface area contributed by atoms with Gasteiger partial charge in [-0.2, -0.15) is 0 Å². The maximum Gasteiger partial charge on any atom is 0.333 e. The van der Waals surface area contributed by atoms with Crippen LogP contribution in [-0.4, -0.2) is 24.0 Å². The van der Waals surface area contributed by atoms with Crippen LogP contribution >= 0.6 is 7.60 Å². The highest BCUT2D eigenvalue weighted by atomic mass is 31.2. The summed E-state index contributed by atoms with van der Waals surface area (Å²) in [6, 6.07) is 6.93. The molecule has 0 bridgehead atoms. The van der Waals surface area contributed by atoms with Crippen LogP contribution in [0.25, 0.3) is 0 Å². The van der Waals surface area contributed by atoms with Crippen LogP contribution in [0.4, 0.5) is 0 Å². The van der Waals surface area contributed by atoms with Crippen LogP contribution in [0.2, 0.25) is 0 Å². The molecular formula is C13H21O4P. The molecule has 0 fully saturated rings. The zero-order chi connectivity index (χ0) is 13.6. The highest BCUT2D eigenvalue weighted by Crippen LogP contribution is 2.53. The molecule has 5 heteroatoms. The minimum absolute atomic E-state index is 0.211. The standard InChI is InChI=1S/C13H21O4P/c1-4-16-18(15,17-5-2)11(3)9-12-7-6-8-13(14)10-12/h6-8,10-11,14H,4-5,9H2,1-3H3. The summed E-state index contributed by atoms with van der Waals surface area (Å²) >= 11 is 0. The van der Waals surface area contributed by atoms with Gasteiger partial charge in [-0.1, -0.05) is 19.1 Å². The van der Waals surface area contributed by atoms with Crippen molar-refractivity contribution < 1.29 is 18.7 Å². The van der Waals surface area contributed by atoms with E-state index in [1.807, 2.05) is 13.0 Å². The van der Waals surface area contributed by atoms with Crippen molar-refractivity contribution >= 4 is 7.60 Å². The summed E-state index contributed by atoms with van der Waals surface area (Å²) in [4.78, 5) is 0. The normalized spacial score (nSPS) is 13.5. The second-order valence-electron chi connectivity index (χ2n) is 4.10. The Labute approximate surface area is 108 Å². The van der Waals surface area contributed by atoms with Crippen LogP contribution in [0.5, 0.6) is 5.75 Å². The van der Waals surface area contributed by atoms with Crippen molar-refractivity contribution in [1.29, 1.82) is 0 Å². The van der Waals surface area contributed by atoms with E-state index in [1.54, 1.807) is 32.0 Å². The summed E-state index contributed by atoms with van der Waals surface area (Å²) in [5.74, 6) is 0.211. The zero-order valence-electron chi connectivity index (χ0n) is 11.1. The van der Waals surface area contributed by atoms with E-state index in [4.69, 9.17) is 9.05 Å². The van der Waals surface area contributed by atoms with Crippen molar-refractivity contribution in [2.24, 2.45) is 0 Å². The molecular weight excluding hydrogens is 251 g/mol. The molecule has 0 aromatic heterocycles. The first-order chi connectivity index (χ1) is 8.51. The van der Waals surface area contributed by atoms with Gasteiger partial charge in [0, 0.05) is 0 Å². The van der Waals surface area contributed by atoms with Crippen molar-refractivity contribution in [2.45, 2.75) is 32.9 Å². The lowest BCUT2D eigenvalue weighted by molar-refractivity contribution is 0.213. The number of benzene rings is 1. The van der Waals surface area contributed by atoms with Gasteiger partial charge in [0.05, 0.1) is 18.9 Å². The summed E-state index contributed by atoms with van der Waals surface area (Å²) in [6.07, 6.45) is 0.547. The van der Waals surface area contributed by atoms with Crippen LogP contribution in [0.3, 0.4) is 0 Å². The van der Waals surface area contributed by atoms with Gasteiger partial charge in [-0.25, -0.2) is 0 Å². The van der Waals surface area contributed by atoms with Gasteiger partial charge in [0.2, 0.25) is 0 Å². The quantitative estimate of drug-likeness (QED) is 0.771. The molecule has 0 saturated carbocycles. The maximum atomic E-state index is 12.5. The molecule has 1 atom stereocenters. The lowest BCUT2D eigenvalue weighted by atomic mass is 10.1. The molecule has 0 heterocycles. The molecule has 102 valence electrons. The number of aromatic hydroxyl groups is 1. The summed E-state index contributed by atoms with van der Waals surface area (Å²) in [6.45, 7) is 6.17. The van der Waals surface area contributed by atoms with E-state index in [0.717, 1.165) is 5.56 Å².